The lowest BCUT2D eigenvalue weighted by Gasteiger charge is -2.33. The van der Waals surface area contributed by atoms with Crippen molar-refractivity contribution < 1.29 is 9.59 Å². The summed E-state index contributed by atoms with van der Waals surface area (Å²) in [4.78, 5) is 30.8. The molecule has 0 fully saturated rings. The standard InChI is InChI=1S/C22H16ClNO2/c23-13-10-8-12(9-11-13)18-19-16(6-3-7-17(19)25)24-21-14-4-1-2-5-15(14)22(26)20(18)21/h1-2,4-5,8-11,18,20H,3,6-7H2/t18-,20?/m1/s1. The molecule has 2 atom stereocenters. The maximum atomic E-state index is 13.2. The van der Waals surface area contributed by atoms with Gasteiger partial charge in [0.2, 0.25) is 0 Å². The van der Waals surface area contributed by atoms with Gasteiger partial charge in [0.1, 0.15) is 0 Å². The van der Waals surface area contributed by atoms with E-state index in [1.165, 1.54) is 0 Å². The molecule has 0 spiro atoms. The normalized spacial score (nSPS) is 24.1. The van der Waals surface area contributed by atoms with Crippen molar-refractivity contribution in [2.45, 2.75) is 25.2 Å². The van der Waals surface area contributed by atoms with Crippen LogP contribution in [-0.2, 0) is 4.79 Å². The highest BCUT2D eigenvalue weighted by atomic mass is 35.5. The average molecular weight is 362 g/mol. The topological polar surface area (TPSA) is 46.5 Å². The lowest BCUT2D eigenvalue weighted by atomic mass is 9.71. The number of carbonyl (C=O) groups is 2. The fourth-order valence-electron chi connectivity index (χ4n) is 4.48. The zero-order valence-corrected chi connectivity index (χ0v) is 14.8. The molecule has 0 saturated carbocycles. The van der Waals surface area contributed by atoms with Crippen molar-refractivity contribution in [2.24, 2.45) is 10.9 Å². The van der Waals surface area contributed by atoms with E-state index in [1.54, 1.807) is 0 Å². The first kappa shape index (κ1) is 15.7. The second-order valence-electron chi connectivity index (χ2n) is 7.05. The number of rotatable bonds is 1. The fourth-order valence-corrected chi connectivity index (χ4v) is 4.60. The smallest absolute Gasteiger partial charge is 0.173 e. The number of hydrogen-bond acceptors (Lipinski definition) is 3. The molecule has 1 heterocycles. The van der Waals surface area contributed by atoms with E-state index in [-0.39, 0.29) is 17.5 Å². The summed E-state index contributed by atoms with van der Waals surface area (Å²) >= 11 is 6.06. The summed E-state index contributed by atoms with van der Waals surface area (Å²) in [7, 11) is 0. The molecule has 0 saturated heterocycles. The number of halogens is 1. The van der Waals surface area contributed by atoms with Gasteiger partial charge in [0.15, 0.2) is 11.6 Å². The van der Waals surface area contributed by atoms with Crippen LogP contribution in [0.2, 0.25) is 5.02 Å². The van der Waals surface area contributed by atoms with Crippen molar-refractivity contribution >= 4 is 28.9 Å². The summed E-state index contributed by atoms with van der Waals surface area (Å²) in [5, 5.41) is 0.642. The molecule has 26 heavy (non-hydrogen) atoms. The molecule has 0 bridgehead atoms. The van der Waals surface area contributed by atoms with Gasteiger partial charge in [0, 0.05) is 39.8 Å². The molecule has 5 rings (SSSR count). The number of benzene rings is 2. The number of Topliss-reactive ketones (excluding diaryl/α,β-unsaturated/α-hetero) is 2. The number of allylic oxidation sites excluding steroid dienone is 2. The van der Waals surface area contributed by atoms with E-state index in [9.17, 15) is 9.59 Å². The number of carbonyl (C=O) groups excluding carboxylic acids is 2. The number of aliphatic imine (C=N–C) groups is 1. The molecule has 0 N–H and O–H groups in total. The first-order chi connectivity index (χ1) is 12.6. The van der Waals surface area contributed by atoms with E-state index in [0.717, 1.165) is 41.0 Å². The van der Waals surface area contributed by atoms with Crippen molar-refractivity contribution in [3.63, 3.8) is 0 Å². The van der Waals surface area contributed by atoms with Gasteiger partial charge in [0.05, 0.1) is 11.6 Å². The van der Waals surface area contributed by atoms with E-state index in [4.69, 9.17) is 16.6 Å². The maximum absolute atomic E-state index is 13.2. The molecule has 2 aliphatic carbocycles. The third-order valence-electron chi connectivity index (χ3n) is 5.60. The van der Waals surface area contributed by atoms with Gasteiger partial charge < -0.3 is 0 Å². The van der Waals surface area contributed by atoms with Crippen LogP contribution in [0.15, 0.2) is 64.8 Å². The van der Waals surface area contributed by atoms with Crippen LogP contribution in [0.1, 0.15) is 46.7 Å². The predicted octanol–water partition coefficient (Wildman–Crippen LogP) is 4.75. The summed E-state index contributed by atoms with van der Waals surface area (Å²) in [6.45, 7) is 0. The van der Waals surface area contributed by atoms with Crippen molar-refractivity contribution in [1.29, 1.82) is 0 Å². The molecule has 4 heteroatoms. The van der Waals surface area contributed by atoms with Crippen LogP contribution in [0.4, 0.5) is 0 Å². The van der Waals surface area contributed by atoms with Crippen molar-refractivity contribution in [1.82, 2.24) is 0 Å². The molecule has 3 nitrogen and oxygen atoms in total. The molecular formula is C22H16ClNO2. The van der Waals surface area contributed by atoms with Crippen LogP contribution >= 0.6 is 11.6 Å². The van der Waals surface area contributed by atoms with E-state index < -0.39 is 5.92 Å². The number of nitrogens with zero attached hydrogens (tertiary/aromatic N) is 1. The van der Waals surface area contributed by atoms with Crippen LogP contribution in [0.25, 0.3) is 0 Å². The molecule has 3 aliphatic rings. The SMILES string of the molecule is O=C1CCCC2=C1[C@@H](c1ccc(Cl)cc1)C1C(=O)c3ccccc3C1=N2. The molecule has 1 unspecified atom stereocenters. The molecule has 0 radical (unpaired) electrons. The van der Waals surface area contributed by atoms with Crippen LogP contribution in [0, 0.1) is 5.92 Å². The number of hydrogen-bond donors (Lipinski definition) is 0. The molecule has 0 aromatic heterocycles. The fraction of sp³-hybridized carbons (Fsp3) is 0.227. The number of ketones is 2. The summed E-state index contributed by atoms with van der Waals surface area (Å²) in [6.07, 6.45) is 2.14. The van der Waals surface area contributed by atoms with Gasteiger partial charge in [-0.2, -0.15) is 0 Å². The molecule has 2 aromatic rings. The zero-order valence-electron chi connectivity index (χ0n) is 14.0. The van der Waals surface area contributed by atoms with Gasteiger partial charge in [-0.05, 0) is 30.5 Å². The van der Waals surface area contributed by atoms with Gasteiger partial charge in [-0.15, -0.1) is 0 Å². The lowest BCUT2D eigenvalue weighted by Crippen LogP contribution is -2.33. The largest absolute Gasteiger partial charge is 0.294 e. The first-order valence-corrected chi connectivity index (χ1v) is 9.27. The summed E-state index contributed by atoms with van der Waals surface area (Å²) < 4.78 is 0. The summed E-state index contributed by atoms with van der Waals surface area (Å²) in [5.74, 6) is -0.515. The molecule has 1 aliphatic heterocycles. The Bertz CT molecular complexity index is 1020. The molecular weight excluding hydrogens is 346 g/mol. The Morgan fingerprint density at radius 3 is 2.38 bits per heavy atom. The van der Waals surface area contributed by atoms with Gasteiger partial charge in [-0.25, -0.2) is 0 Å². The van der Waals surface area contributed by atoms with Gasteiger partial charge in [0.25, 0.3) is 0 Å². The quantitative estimate of drug-likeness (QED) is 0.736. The maximum Gasteiger partial charge on any atom is 0.173 e. The van der Waals surface area contributed by atoms with Crippen LogP contribution in [0.5, 0.6) is 0 Å². The third-order valence-corrected chi connectivity index (χ3v) is 5.86. The van der Waals surface area contributed by atoms with Crippen LogP contribution < -0.4 is 0 Å². The predicted molar refractivity (Wildman–Crippen MR) is 101 cm³/mol. The highest BCUT2D eigenvalue weighted by Gasteiger charge is 2.48. The minimum atomic E-state index is -0.422. The first-order valence-electron chi connectivity index (χ1n) is 8.89. The van der Waals surface area contributed by atoms with E-state index >= 15 is 0 Å². The van der Waals surface area contributed by atoms with Gasteiger partial charge in [-0.3, -0.25) is 14.6 Å². The third kappa shape index (κ3) is 2.17. The minimum Gasteiger partial charge on any atom is -0.294 e. The van der Waals surface area contributed by atoms with E-state index in [1.807, 2.05) is 48.5 Å². The van der Waals surface area contributed by atoms with Crippen molar-refractivity contribution in [3.8, 4) is 0 Å². The Balaban J connectivity index is 1.76. The Kier molecular flexibility index (Phi) is 3.47. The highest BCUT2D eigenvalue weighted by Crippen LogP contribution is 2.48. The second-order valence-corrected chi connectivity index (χ2v) is 7.49. The van der Waals surface area contributed by atoms with Crippen molar-refractivity contribution in [3.05, 3.63) is 81.5 Å². The Hall–Kier alpha value is -2.52. The Morgan fingerprint density at radius 2 is 1.62 bits per heavy atom. The van der Waals surface area contributed by atoms with Crippen LogP contribution in [0.3, 0.4) is 0 Å². The lowest BCUT2D eigenvalue weighted by molar-refractivity contribution is -0.116. The summed E-state index contributed by atoms with van der Waals surface area (Å²) in [5.41, 5.74) is 4.98. The van der Waals surface area contributed by atoms with Crippen LogP contribution in [-0.4, -0.2) is 17.3 Å². The molecule has 2 aromatic carbocycles. The van der Waals surface area contributed by atoms with Gasteiger partial charge in [-0.1, -0.05) is 48.0 Å². The van der Waals surface area contributed by atoms with E-state index in [2.05, 4.69) is 0 Å². The molecule has 0 amide bonds. The Labute approximate surface area is 156 Å². The second kappa shape index (κ2) is 5.75. The Morgan fingerprint density at radius 1 is 0.885 bits per heavy atom. The highest BCUT2D eigenvalue weighted by molar-refractivity contribution is 6.31. The monoisotopic (exact) mass is 361 g/mol. The average Bonchev–Trinajstić information content (AvgIpc) is 2.94. The zero-order chi connectivity index (χ0) is 17.8. The molecule has 128 valence electrons. The van der Waals surface area contributed by atoms with Gasteiger partial charge >= 0.3 is 0 Å². The van der Waals surface area contributed by atoms with E-state index in [0.29, 0.717) is 17.0 Å². The summed E-state index contributed by atoms with van der Waals surface area (Å²) in [6, 6.07) is 15.1. The minimum absolute atomic E-state index is 0.0595. The number of fused-ring (bicyclic) bond motifs is 3. The van der Waals surface area contributed by atoms with Crippen molar-refractivity contribution in [2.75, 3.05) is 0 Å².